The molecule has 0 radical (unpaired) electrons. The summed E-state index contributed by atoms with van der Waals surface area (Å²) in [5, 5.41) is 9.14. The van der Waals surface area contributed by atoms with Crippen LogP contribution in [0.5, 0.6) is 0 Å². The SMILES string of the molecule is Cc1ccc(S(=O)(=O)[C@@H]2[C@H](C#N)[C@@H]2c2cccc(Cl)c2)cc1. The highest BCUT2D eigenvalue weighted by atomic mass is 35.5. The average molecular weight is 332 g/mol. The lowest BCUT2D eigenvalue weighted by atomic mass is 10.1. The topological polar surface area (TPSA) is 57.9 Å². The predicted molar refractivity (Wildman–Crippen MR) is 85.4 cm³/mol. The molecule has 22 heavy (non-hydrogen) atoms. The van der Waals surface area contributed by atoms with Crippen LogP contribution in [0.1, 0.15) is 17.0 Å². The summed E-state index contributed by atoms with van der Waals surface area (Å²) in [5.41, 5.74) is 1.80. The molecule has 0 spiro atoms. The Balaban J connectivity index is 1.98. The van der Waals surface area contributed by atoms with Crippen LogP contribution in [-0.2, 0) is 9.84 Å². The second-order valence-electron chi connectivity index (χ2n) is 5.56. The minimum absolute atomic E-state index is 0.271. The van der Waals surface area contributed by atoms with Crippen molar-refractivity contribution in [2.24, 2.45) is 5.92 Å². The first-order valence-corrected chi connectivity index (χ1v) is 8.83. The van der Waals surface area contributed by atoms with Gasteiger partial charge in [0.25, 0.3) is 0 Å². The van der Waals surface area contributed by atoms with Gasteiger partial charge in [-0.05, 0) is 36.8 Å². The van der Waals surface area contributed by atoms with Crippen molar-refractivity contribution in [2.75, 3.05) is 0 Å². The molecule has 2 aromatic carbocycles. The molecule has 0 N–H and O–H groups in total. The summed E-state index contributed by atoms with van der Waals surface area (Å²) in [6, 6.07) is 15.9. The molecule has 0 aliphatic heterocycles. The summed E-state index contributed by atoms with van der Waals surface area (Å²) in [6.07, 6.45) is 0. The first kappa shape index (κ1) is 15.1. The molecule has 112 valence electrons. The smallest absolute Gasteiger partial charge is 0.183 e. The van der Waals surface area contributed by atoms with Crippen molar-refractivity contribution in [1.82, 2.24) is 0 Å². The number of nitrogens with zero attached hydrogens (tertiary/aromatic N) is 1. The van der Waals surface area contributed by atoms with Crippen molar-refractivity contribution in [3.05, 3.63) is 64.7 Å². The second-order valence-corrected chi connectivity index (χ2v) is 8.10. The van der Waals surface area contributed by atoms with Gasteiger partial charge in [0, 0.05) is 10.9 Å². The molecule has 2 aromatic rings. The Kier molecular flexibility index (Phi) is 3.72. The Morgan fingerprint density at radius 2 is 1.82 bits per heavy atom. The first-order valence-electron chi connectivity index (χ1n) is 6.91. The Labute approximate surface area is 135 Å². The monoisotopic (exact) mass is 331 g/mol. The van der Waals surface area contributed by atoms with Crippen LogP contribution < -0.4 is 0 Å². The van der Waals surface area contributed by atoms with Crippen molar-refractivity contribution in [3.8, 4) is 6.07 Å². The molecular formula is C17H14ClNO2S. The number of hydrogen-bond donors (Lipinski definition) is 0. The van der Waals surface area contributed by atoms with Crippen LogP contribution in [0.15, 0.2) is 53.4 Å². The quantitative estimate of drug-likeness (QED) is 0.861. The highest BCUT2D eigenvalue weighted by Crippen LogP contribution is 2.53. The molecule has 1 saturated carbocycles. The van der Waals surface area contributed by atoms with Gasteiger partial charge in [-0.3, -0.25) is 0 Å². The maximum atomic E-state index is 12.8. The molecule has 5 heteroatoms. The summed E-state index contributed by atoms with van der Waals surface area (Å²) < 4.78 is 25.5. The second kappa shape index (κ2) is 5.42. The third kappa shape index (κ3) is 2.51. The van der Waals surface area contributed by atoms with Crippen molar-refractivity contribution < 1.29 is 8.42 Å². The summed E-state index contributed by atoms with van der Waals surface area (Å²) >= 11 is 5.97. The molecule has 3 atom stereocenters. The van der Waals surface area contributed by atoms with Crippen molar-refractivity contribution in [3.63, 3.8) is 0 Å². The molecule has 0 saturated heterocycles. The number of nitriles is 1. The third-order valence-corrected chi connectivity index (χ3v) is 6.51. The van der Waals surface area contributed by atoms with Gasteiger partial charge < -0.3 is 0 Å². The molecule has 3 rings (SSSR count). The molecule has 1 fully saturated rings. The standard InChI is InChI=1S/C17H14ClNO2S/c1-11-5-7-14(8-6-11)22(20,21)17-15(10-19)16(17)12-3-2-4-13(18)9-12/h2-9,15-17H,1H3/t15-,16+,17-/m1/s1. The average Bonchev–Trinajstić information content (AvgIpc) is 3.23. The molecule has 0 amide bonds. The van der Waals surface area contributed by atoms with E-state index < -0.39 is 21.0 Å². The number of benzene rings is 2. The number of aryl methyl sites for hydroxylation is 1. The highest BCUT2D eigenvalue weighted by Gasteiger charge is 2.59. The molecule has 0 heterocycles. The predicted octanol–water partition coefficient (Wildman–Crippen LogP) is 3.73. The minimum Gasteiger partial charge on any atom is -0.223 e. The van der Waals surface area contributed by atoms with E-state index in [-0.39, 0.29) is 10.8 Å². The maximum Gasteiger partial charge on any atom is 0.183 e. The molecule has 0 aromatic heterocycles. The number of rotatable bonds is 3. The van der Waals surface area contributed by atoms with Crippen LogP contribution in [-0.4, -0.2) is 13.7 Å². The molecular weight excluding hydrogens is 318 g/mol. The largest absolute Gasteiger partial charge is 0.223 e. The van der Waals surface area contributed by atoms with Crippen molar-refractivity contribution in [2.45, 2.75) is 23.0 Å². The van der Waals surface area contributed by atoms with Gasteiger partial charge in [-0.25, -0.2) is 8.42 Å². The first-order chi connectivity index (χ1) is 10.4. The number of halogens is 1. The lowest BCUT2D eigenvalue weighted by Gasteiger charge is -2.05. The Morgan fingerprint density at radius 3 is 2.41 bits per heavy atom. The lowest BCUT2D eigenvalue weighted by molar-refractivity contribution is 0.593. The van der Waals surface area contributed by atoms with Crippen LogP contribution >= 0.6 is 11.6 Å². The van der Waals surface area contributed by atoms with Gasteiger partial charge in [-0.2, -0.15) is 5.26 Å². The zero-order chi connectivity index (χ0) is 15.9. The highest BCUT2D eigenvalue weighted by molar-refractivity contribution is 7.92. The molecule has 0 bridgehead atoms. The van der Waals surface area contributed by atoms with Gasteiger partial charge in [0.05, 0.1) is 22.1 Å². The van der Waals surface area contributed by atoms with E-state index in [0.717, 1.165) is 11.1 Å². The van der Waals surface area contributed by atoms with E-state index >= 15 is 0 Å². The van der Waals surface area contributed by atoms with Gasteiger partial charge in [-0.1, -0.05) is 41.4 Å². The fourth-order valence-corrected chi connectivity index (χ4v) is 5.09. The van der Waals surface area contributed by atoms with Crippen LogP contribution in [0, 0.1) is 24.2 Å². The van der Waals surface area contributed by atoms with Crippen LogP contribution in [0.4, 0.5) is 0 Å². The zero-order valence-electron chi connectivity index (χ0n) is 11.9. The Morgan fingerprint density at radius 1 is 1.14 bits per heavy atom. The Hall–Kier alpha value is -1.83. The summed E-state index contributed by atoms with van der Waals surface area (Å²) in [4.78, 5) is 0.271. The maximum absolute atomic E-state index is 12.8. The van der Waals surface area contributed by atoms with Crippen LogP contribution in [0.2, 0.25) is 5.02 Å². The fourth-order valence-electron chi connectivity index (χ4n) is 2.82. The summed E-state index contributed by atoms with van der Waals surface area (Å²) in [6.45, 7) is 1.90. The molecule has 0 unspecified atom stereocenters. The molecule has 1 aliphatic carbocycles. The molecule has 3 nitrogen and oxygen atoms in total. The van der Waals surface area contributed by atoms with E-state index in [4.69, 9.17) is 11.6 Å². The van der Waals surface area contributed by atoms with Crippen LogP contribution in [0.3, 0.4) is 0 Å². The summed E-state index contributed by atoms with van der Waals surface area (Å²) in [7, 11) is -3.52. The van der Waals surface area contributed by atoms with E-state index in [1.54, 1.807) is 42.5 Å². The van der Waals surface area contributed by atoms with E-state index in [9.17, 15) is 13.7 Å². The molecule has 1 aliphatic rings. The van der Waals surface area contributed by atoms with E-state index in [1.807, 2.05) is 13.0 Å². The van der Waals surface area contributed by atoms with Crippen LogP contribution in [0.25, 0.3) is 0 Å². The number of sulfone groups is 1. The summed E-state index contributed by atoms with van der Waals surface area (Å²) in [5.74, 6) is -0.834. The van der Waals surface area contributed by atoms with E-state index in [2.05, 4.69) is 6.07 Å². The van der Waals surface area contributed by atoms with Gasteiger partial charge in [0.2, 0.25) is 0 Å². The van der Waals surface area contributed by atoms with Gasteiger partial charge in [-0.15, -0.1) is 0 Å². The third-order valence-electron chi connectivity index (χ3n) is 4.04. The minimum atomic E-state index is -3.52. The van der Waals surface area contributed by atoms with Gasteiger partial charge in [0.15, 0.2) is 9.84 Å². The van der Waals surface area contributed by atoms with Gasteiger partial charge >= 0.3 is 0 Å². The normalized spacial score (nSPS) is 23.8. The lowest BCUT2D eigenvalue weighted by Crippen LogP contribution is -2.10. The fraction of sp³-hybridized carbons (Fsp3) is 0.235. The van der Waals surface area contributed by atoms with Crippen molar-refractivity contribution in [1.29, 1.82) is 5.26 Å². The van der Waals surface area contributed by atoms with E-state index in [0.29, 0.717) is 5.02 Å². The Bertz CT molecular complexity index is 853. The van der Waals surface area contributed by atoms with E-state index in [1.165, 1.54) is 0 Å². The van der Waals surface area contributed by atoms with Gasteiger partial charge in [0.1, 0.15) is 0 Å². The number of hydrogen-bond acceptors (Lipinski definition) is 3. The zero-order valence-corrected chi connectivity index (χ0v) is 13.5. The van der Waals surface area contributed by atoms with Crippen molar-refractivity contribution >= 4 is 21.4 Å².